The summed E-state index contributed by atoms with van der Waals surface area (Å²) in [6.07, 6.45) is -0.280. The smallest absolute Gasteiger partial charge is 0.307 e. The Hall–Kier alpha value is -1.45. The monoisotopic (exact) mass is 256 g/mol. The van der Waals surface area contributed by atoms with Crippen LogP contribution >= 0.6 is 0 Å². The number of carboxylic acid groups (broad SMARTS) is 1. The molecule has 18 heavy (non-hydrogen) atoms. The number of halogens is 2. The normalized spacial score (nSPS) is 11.3. The first-order valence-corrected chi connectivity index (χ1v) is 5.98. The Morgan fingerprint density at radius 2 is 1.78 bits per heavy atom. The molecule has 0 aliphatic carbocycles. The summed E-state index contributed by atoms with van der Waals surface area (Å²) in [4.78, 5) is 10.9. The van der Waals surface area contributed by atoms with Crippen LogP contribution in [0.2, 0.25) is 0 Å². The SMILES string of the molecule is CC(C)c1cc(F)c(F)c(C(C)C)c1CC(=O)O. The van der Waals surface area contributed by atoms with Crippen LogP contribution in [-0.4, -0.2) is 11.1 Å². The van der Waals surface area contributed by atoms with Gasteiger partial charge in [0, 0.05) is 0 Å². The topological polar surface area (TPSA) is 37.3 Å². The molecule has 0 unspecified atom stereocenters. The Morgan fingerprint density at radius 3 is 2.17 bits per heavy atom. The maximum absolute atomic E-state index is 13.8. The van der Waals surface area contributed by atoms with Gasteiger partial charge in [-0.05, 0) is 34.6 Å². The van der Waals surface area contributed by atoms with Crippen molar-refractivity contribution in [2.75, 3.05) is 0 Å². The lowest BCUT2D eigenvalue weighted by Gasteiger charge is -2.19. The van der Waals surface area contributed by atoms with Gasteiger partial charge in [-0.15, -0.1) is 0 Å². The van der Waals surface area contributed by atoms with Crippen molar-refractivity contribution in [2.45, 2.75) is 46.0 Å². The molecule has 0 spiro atoms. The quantitative estimate of drug-likeness (QED) is 0.888. The highest BCUT2D eigenvalue weighted by Gasteiger charge is 2.23. The predicted octanol–water partition coefficient (Wildman–Crippen LogP) is 3.84. The maximum atomic E-state index is 13.8. The molecular weight excluding hydrogens is 238 g/mol. The van der Waals surface area contributed by atoms with Gasteiger partial charge >= 0.3 is 5.97 Å². The molecule has 2 nitrogen and oxygen atoms in total. The van der Waals surface area contributed by atoms with Crippen molar-refractivity contribution in [2.24, 2.45) is 0 Å². The van der Waals surface area contributed by atoms with E-state index in [0.29, 0.717) is 11.1 Å². The van der Waals surface area contributed by atoms with Gasteiger partial charge in [0.05, 0.1) is 6.42 Å². The van der Waals surface area contributed by atoms with Gasteiger partial charge in [-0.3, -0.25) is 4.79 Å². The van der Waals surface area contributed by atoms with Crippen LogP contribution in [0.1, 0.15) is 56.2 Å². The predicted molar refractivity (Wildman–Crippen MR) is 65.9 cm³/mol. The number of carbonyl (C=O) groups is 1. The van der Waals surface area contributed by atoms with Gasteiger partial charge in [-0.25, -0.2) is 8.78 Å². The third-order valence-corrected chi connectivity index (χ3v) is 2.93. The summed E-state index contributed by atoms with van der Waals surface area (Å²) in [6.45, 7) is 7.13. The lowest BCUT2D eigenvalue weighted by Crippen LogP contribution is -2.13. The highest BCUT2D eigenvalue weighted by molar-refractivity contribution is 5.71. The second-order valence-corrected chi connectivity index (χ2v) is 5.03. The number of benzene rings is 1. The van der Waals surface area contributed by atoms with Crippen molar-refractivity contribution in [3.8, 4) is 0 Å². The zero-order valence-corrected chi connectivity index (χ0v) is 11.1. The van der Waals surface area contributed by atoms with Gasteiger partial charge in [0.15, 0.2) is 11.6 Å². The molecule has 100 valence electrons. The zero-order valence-electron chi connectivity index (χ0n) is 11.1. The number of rotatable bonds is 4. The van der Waals surface area contributed by atoms with Crippen LogP contribution in [0.3, 0.4) is 0 Å². The third kappa shape index (κ3) is 2.86. The first-order chi connectivity index (χ1) is 8.25. The fraction of sp³-hybridized carbons (Fsp3) is 0.500. The Kier molecular flexibility index (Phi) is 4.43. The van der Waals surface area contributed by atoms with Crippen molar-refractivity contribution in [3.63, 3.8) is 0 Å². The van der Waals surface area contributed by atoms with E-state index < -0.39 is 17.6 Å². The lowest BCUT2D eigenvalue weighted by molar-refractivity contribution is -0.136. The van der Waals surface area contributed by atoms with Crippen LogP contribution in [0.4, 0.5) is 8.78 Å². The molecule has 0 amide bonds. The van der Waals surface area contributed by atoms with Crippen molar-refractivity contribution < 1.29 is 18.7 Å². The molecule has 4 heteroatoms. The number of aliphatic carboxylic acids is 1. The molecule has 0 heterocycles. The van der Waals surface area contributed by atoms with Crippen molar-refractivity contribution in [3.05, 3.63) is 34.4 Å². The van der Waals surface area contributed by atoms with Gasteiger partial charge in [0.2, 0.25) is 0 Å². The van der Waals surface area contributed by atoms with E-state index in [1.807, 2.05) is 13.8 Å². The van der Waals surface area contributed by atoms with E-state index in [2.05, 4.69) is 0 Å². The Labute approximate surface area is 106 Å². The van der Waals surface area contributed by atoms with Gasteiger partial charge in [0.1, 0.15) is 0 Å². The summed E-state index contributed by atoms with van der Waals surface area (Å²) >= 11 is 0. The standard InChI is InChI=1S/C14H18F2O2/c1-7(2)9-5-11(15)14(16)13(8(3)4)10(9)6-12(17)18/h5,7-8H,6H2,1-4H3,(H,17,18). The van der Waals surface area contributed by atoms with Crippen molar-refractivity contribution in [1.82, 2.24) is 0 Å². The molecule has 0 bridgehead atoms. The maximum Gasteiger partial charge on any atom is 0.307 e. The van der Waals surface area contributed by atoms with Gasteiger partial charge in [-0.1, -0.05) is 27.7 Å². The van der Waals surface area contributed by atoms with E-state index in [1.165, 1.54) is 0 Å². The van der Waals surface area contributed by atoms with E-state index in [0.717, 1.165) is 6.07 Å². The summed E-state index contributed by atoms with van der Waals surface area (Å²) in [5, 5.41) is 8.92. The van der Waals surface area contributed by atoms with Crippen LogP contribution < -0.4 is 0 Å². The van der Waals surface area contributed by atoms with Crippen LogP contribution in [0, 0.1) is 11.6 Å². The van der Waals surface area contributed by atoms with Gasteiger partial charge in [-0.2, -0.15) is 0 Å². The number of carboxylic acids is 1. The number of hydrogen-bond acceptors (Lipinski definition) is 1. The Bertz CT molecular complexity index is 465. The van der Waals surface area contributed by atoms with E-state index in [-0.39, 0.29) is 23.8 Å². The van der Waals surface area contributed by atoms with Crippen LogP contribution in [0.5, 0.6) is 0 Å². The largest absolute Gasteiger partial charge is 0.481 e. The molecule has 1 N–H and O–H groups in total. The van der Waals surface area contributed by atoms with Gasteiger partial charge < -0.3 is 5.11 Å². The molecule has 0 aliphatic heterocycles. The lowest BCUT2D eigenvalue weighted by atomic mass is 9.86. The average molecular weight is 256 g/mol. The van der Waals surface area contributed by atoms with Crippen LogP contribution in [0.25, 0.3) is 0 Å². The molecule has 0 aromatic heterocycles. The van der Waals surface area contributed by atoms with E-state index >= 15 is 0 Å². The minimum absolute atomic E-state index is 0.0491. The molecule has 1 rings (SSSR count). The summed E-state index contributed by atoms with van der Waals surface area (Å²) in [5.41, 5.74) is 1.16. The minimum atomic E-state index is -1.04. The number of hydrogen-bond donors (Lipinski definition) is 1. The van der Waals surface area contributed by atoms with E-state index in [9.17, 15) is 13.6 Å². The first kappa shape index (κ1) is 14.6. The molecule has 0 atom stereocenters. The molecule has 1 aromatic rings. The fourth-order valence-corrected chi connectivity index (χ4v) is 2.17. The fourth-order valence-electron chi connectivity index (χ4n) is 2.17. The van der Waals surface area contributed by atoms with Gasteiger partial charge in [0.25, 0.3) is 0 Å². The second kappa shape index (κ2) is 5.46. The molecular formula is C14H18F2O2. The summed E-state index contributed by atoms with van der Waals surface area (Å²) in [5.74, 6) is -3.17. The Balaban J connectivity index is 3.57. The summed E-state index contributed by atoms with van der Waals surface area (Å²) < 4.78 is 27.4. The highest BCUT2D eigenvalue weighted by atomic mass is 19.2. The third-order valence-electron chi connectivity index (χ3n) is 2.93. The molecule has 0 saturated carbocycles. The first-order valence-electron chi connectivity index (χ1n) is 5.98. The zero-order chi connectivity index (χ0) is 14.0. The molecule has 0 aliphatic rings. The molecule has 0 radical (unpaired) electrons. The highest BCUT2D eigenvalue weighted by Crippen LogP contribution is 2.32. The van der Waals surface area contributed by atoms with E-state index in [1.54, 1.807) is 13.8 Å². The van der Waals surface area contributed by atoms with E-state index in [4.69, 9.17) is 5.11 Å². The molecule has 1 aromatic carbocycles. The molecule has 0 saturated heterocycles. The molecule has 0 fully saturated rings. The second-order valence-electron chi connectivity index (χ2n) is 5.03. The Morgan fingerprint density at radius 1 is 1.22 bits per heavy atom. The average Bonchev–Trinajstić information content (AvgIpc) is 2.21. The van der Waals surface area contributed by atoms with Crippen molar-refractivity contribution >= 4 is 5.97 Å². The summed E-state index contributed by atoms with van der Waals surface area (Å²) in [6, 6.07) is 1.12. The summed E-state index contributed by atoms with van der Waals surface area (Å²) in [7, 11) is 0. The van der Waals surface area contributed by atoms with Crippen LogP contribution in [-0.2, 0) is 11.2 Å². The van der Waals surface area contributed by atoms with Crippen molar-refractivity contribution in [1.29, 1.82) is 0 Å². The minimum Gasteiger partial charge on any atom is -0.481 e. The van der Waals surface area contributed by atoms with Crippen LogP contribution in [0.15, 0.2) is 6.07 Å².